The number of ether oxygens (including phenoxy) is 1. The minimum absolute atomic E-state index is 0.0189. The average Bonchev–Trinajstić information content (AvgIpc) is 2.49. The Hall–Kier alpha value is -2.09. The molecule has 3 N–H and O–H groups in total. The number of amides is 1. The number of aromatic amines is 1. The Morgan fingerprint density at radius 3 is 2.58 bits per heavy atom. The number of methoxy groups -OCH3 is 1. The van der Waals surface area contributed by atoms with Gasteiger partial charge in [-0.25, -0.2) is 4.79 Å². The van der Waals surface area contributed by atoms with Crippen molar-refractivity contribution in [3.63, 3.8) is 0 Å². The van der Waals surface area contributed by atoms with Crippen molar-refractivity contribution in [3.8, 4) is 0 Å². The molecule has 0 radical (unpaired) electrons. The van der Waals surface area contributed by atoms with Crippen LogP contribution in [0.1, 0.15) is 40.0 Å². The topological polar surface area (TPSA) is 110 Å². The van der Waals surface area contributed by atoms with Crippen LogP contribution in [0.25, 0.3) is 0 Å². The van der Waals surface area contributed by atoms with Crippen LogP contribution in [-0.4, -0.2) is 35.7 Å². The van der Waals surface area contributed by atoms with Crippen LogP contribution in [0.4, 0.5) is 11.5 Å². The molecule has 0 aliphatic rings. The molecule has 0 saturated heterocycles. The van der Waals surface area contributed by atoms with Gasteiger partial charge in [-0.3, -0.25) is 19.1 Å². The Morgan fingerprint density at radius 2 is 2.04 bits per heavy atom. The molecular formula is C16H28N4O4. The number of carbonyl (C=O) groups is 1. The molecule has 1 amide bonds. The lowest BCUT2D eigenvalue weighted by Crippen LogP contribution is -2.42. The number of anilines is 2. The van der Waals surface area contributed by atoms with E-state index in [-0.39, 0.29) is 42.9 Å². The molecule has 0 spiro atoms. The highest BCUT2D eigenvalue weighted by Crippen LogP contribution is 2.19. The first kappa shape index (κ1) is 20.0. The van der Waals surface area contributed by atoms with E-state index in [1.54, 1.807) is 0 Å². The molecule has 1 aromatic rings. The highest BCUT2D eigenvalue weighted by Gasteiger charge is 2.24. The van der Waals surface area contributed by atoms with Crippen molar-refractivity contribution >= 4 is 17.4 Å². The molecule has 1 heterocycles. The molecular weight excluding hydrogens is 312 g/mol. The van der Waals surface area contributed by atoms with E-state index in [0.29, 0.717) is 6.54 Å². The number of rotatable bonds is 9. The Bertz CT molecular complexity index is 663. The summed E-state index contributed by atoms with van der Waals surface area (Å²) in [5.74, 6) is -0.0702. The fourth-order valence-corrected chi connectivity index (χ4v) is 2.38. The van der Waals surface area contributed by atoms with Gasteiger partial charge in [-0.2, -0.15) is 0 Å². The van der Waals surface area contributed by atoms with Gasteiger partial charge in [-0.1, -0.05) is 27.2 Å². The van der Waals surface area contributed by atoms with Gasteiger partial charge >= 0.3 is 5.69 Å². The Labute approximate surface area is 141 Å². The molecule has 0 saturated carbocycles. The lowest BCUT2D eigenvalue weighted by Gasteiger charge is -2.25. The van der Waals surface area contributed by atoms with Gasteiger partial charge in [0.25, 0.3) is 5.56 Å². The molecule has 0 bridgehead atoms. The Morgan fingerprint density at radius 1 is 1.38 bits per heavy atom. The molecule has 0 aliphatic heterocycles. The SMILES string of the molecule is CCCCn1c(N)c(N(CCOC)C(=O)CC(C)C)c(=O)[nH]c1=O. The van der Waals surface area contributed by atoms with Gasteiger partial charge in [0.2, 0.25) is 5.91 Å². The standard InChI is InChI=1S/C16H28N4O4/c1-5-6-7-20-14(17)13(15(22)18-16(20)23)19(8-9-24-4)12(21)10-11(2)3/h11H,5-10,17H2,1-4H3,(H,18,22,23). The highest BCUT2D eigenvalue weighted by molar-refractivity contribution is 5.95. The Balaban J connectivity index is 3.37. The predicted octanol–water partition coefficient (Wildman–Crippen LogP) is 0.944. The summed E-state index contributed by atoms with van der Waals surface area (Å²) in [5.41, 5.74) is 4.89. The number of nitrogen functional groups attached to an aromatic ring is 1. The van der Waals surface area contributed by atoms with Crippen LogP contribution in [0, 0.1) is 5.92 Å². The van der Waals surface area contributed by atoms with Crippen molar-refractivity contribution < 1.29 is 9.53 Å². The van der Waals surface area contributed by atoms with Gasteiger partial charge in [-0.05, 0) is 12.3 Å². The second-order valence-corrected chi connectivity index (χ2v) is 6.13. The van der Waals surface area contributed by atoms with Crippen LogP contribution in [-0.2, 0) is 16.1 Å². The molecule has 8 nitrogen and oxygen atoms in total. The third-order valence-electron chi connectivity index (χ3n) is 3.62. The van der Waals surface area contributed by atoms with Gasteiger partial charge in [0, 0.05) is 26.6 Å². The van der Waals surface area contributed by atoms with Crippen LogP contribution in [0.2, 0.25) is 0 Å². The van der Waals surface area contributed by atoms with E-state index in [9.17, 15) is 14.4 Å². The fraction of sp³-hybridized carbons (Fsp3) is 0.688. The van der Waals surface area contributed by atoms with Gasteiger partial charge in [0.05, 0.1) is 6.61 Å². The van der Waals surface area contributed by atoms with Gasteiger partial charge < -0.3 is 15.4 Å². The quantitative estimate of drug-likeness (QED) is 0.695. The maximum Gasteiger partial charge on any atom is 0.330 e. The van der Waals surface area contributed by atoms with Crippen LogP contribution < -0.4 is 21.9 Å². The molecule has 1 aromatic heterocycles. The maximum absolute atomic E-state index is 12.5. The first-order valence-electron chi connectivity index (χ1n) is 8.25. The van der Waals surface area contributed by atoms with E-state index in [1.807, 2.05) is 20.8 Å². The summed E-state index contributed by atoms with van der Waals surface area (Å²) in [6.45, 7) is 6.68. The number of nitrogens with one attached hydrogen (secondary N) is 1. The normalized spacial score (nSPS) is 11.0. The van der Waals surface area contributed by atoms with Crippen molar-refractivity contribution in [3.05, 3.63) is 20.8 Å². The molecule has 1 rings (SSSR count). The highest BCUT2D eigenvalue weighted by atomic mass is 16.5. The molecule has 0 aromatic carbocycles. The summed E-state index contributed by atoms with van der Waals surface area (Å²) in [7, 11) is 1.51. The van der Waals surface area contributed by atoms with E-state index in [4.69, 9.17) is 10.5 Å². The van der Waals surface area contributed by atoms with Gasteiger partial charge in [0.15, 0.2) is 5.69 Å². The summed E-state index contributed by atoms with van der Waals surface area (Å²) in [6, 6.07) is 0. The number of nitrogens with two attached hydrogens (primary N) is 1. The Kier molecular flexibility index (Phi) is 7.70. The van der Waals surface area contributed by atoms with E-state index in [2.05, 4.69) is 4.98 Å². The van der Waals surface area contributed by atoms with E-state index in [1.165, 1.54) is 16.6 Å². The largest absolute Gasteiger partial charge is 0.383 e. The third-order valence-corrected chi connectivity index (χ3v) is 3.62. The zero-order valence-corrected chi connectivity index (χ0v) is 14.9. The van der Waals surface area contributed by atoms with Crippen LogP contribution in [0.3, 0.4) is 0 Å². The zero-order valence-electron chi connectivity index (χ0n) is 14.9. The second-order valence-electron chi connectivity index (χ2n) is 6.13. The van der Waals surface area contributed by atoms with Crippen LogP contribution in [0.5, 0.6) is 0 Å². The summed E-state index contributed by atoms with van der Waals surface area (Å²) in [5, 5.41) is 0. The minimum atomic E-state index is -0.654. The number of H-pyrrole nitrogens is 1. The van der Waals surface area contributed by atoms with Gasteiger partial charge in [-0.15, -0.1) is 0 Å². The third kappa shape index (κ3) is 4.95. The van der Waals surface area contributed by atoms with E-state index in [0.717, 1.165) is 12.8 Å². The van der Waals surface area contributed by atoms with E-state index >= 15 is 0 Å². The second kappa shape index (κ2) is 9.27. The molecule has 0 aliphatic carbocycles. The number of nitrogens with zero attached hydrogens (tertiary/aromatic N) is 2. The number of hydrogen-bond acceptors (Lipinski definition) is 5. The minimum Gasteiger partial charge on any atom is -0.383 e. The number of hydrogen-bond donors (Lipinski definition) is 2. The molecule has 0 fully saturated rings. The molecule has 24 heavy (non-hydrogen) atoms. The lowest BCUT2D eigenvalue weighted by atomic mass is 10.1. The summed E-state index contributed by atoms with van der Waals surface area (Å²) < 4.78 is 6.34. The summed E-state index contributed by atoms with van der Waals surface area (Å²) >= 11 is 0. The number of carbonyl (C=O) groups excluding carboxylic acids is 1. The van der Waals surface area contributed by atoms with Crippen molar-refractivity contribution in [1.82, 2.24) is 9.55 Å². The first-order valence-corrected chi connectivity index (χ1v) is 8.25. The molecule has 0 atom stereocenters. The number of aromatic nitrogens is 2. The zero-order chi connectivity index (χ0) is 18.3. The molecule has 8 heteroatoms. The van der Waals surface area contributed by atoms with Crippen LogP contribution in [0.15, 0.2) is 9.59 Å². The number of unbranched alkanes of at least 4 members (excludes halogenated alkanes) is 1. The molecule has 0 unspecified atom stereocenters. The summed E-state index contributed by atoms with van der Waals surface area (Å²) in [6.07, 6.45) is 1.89. The lowest BCUT2D eigenvalue weighted by molar-refractivity contribution is -0.119. The van der Waals surface area contributed by atoms with Crippen molar-refractivity contribution in [2.24, 2.45) is 5.92 Å². The maximum atomic E-state index is 12.5. The van der Waals surface area contributed by atoms with Gasteiger partial charge in [0.1, 0.15) is 5.82 Å². The van der Waals surface area contributed by atoms with Crippen molar-refractivity contribution in [2.75, 3.05) is 30.9 Å². The summed E-state index contributed by atoms with van der Waals surface area (Å²) in [4.78, 5) is 40.4. The van der Waals surface area contributed by atoms with Crippen molar-refractivity contribution in [1.29, 1.82) is 0 Å². The monoisotopic (exact) mass is 340 g/mol. The smallest absolute Gasteiger partial charge is 0.330 e. The van der Waals surface area contributed by atoms with E-state index < -0.39 is 11.2 Å². The first-order chi connectivity index (χ1) is 11.3. The molecule has 136 valence electrons. The fourth-order valence-electron chi connectivity index (χ4n) is 2.38. The van der Waals surface area contributed by atoms with Crippen LogP contribution >= 0.6 is 0 Å². The average molecular weight is 340 g/mol. The van der Waals surface area contributed by atoms with Crippen molar-refractivity contribution in [2.45, 2.75) is 46.6 Å². The predicted molar refractivity (Wildman–Crippen MR) is 94.3 cm³/mol.